The van der Waals surface area contributed by atoms with Gasteiger partial charge in [0.25, 0.3) is 0 Å². The van der Waals surface area contributed by atoms with E-state index in [-0.39, 0.29) is 42.2 Å². The average Bonchev–Trinajstić information content (AvgIpc) is 3.01. The van der Waals surface area contributed by atoms with Gasteiger partial charge < -0.3 is 14.8 Å². The Hall–Kier alpha value is -2.24. The Morgan fingerprint density at radius 2 is 2.31 bits per heavy atom. The molecule has 0 amide bonds. The number of anilines is 1. The Bertz CT molecular complexity index is 883. The first-order chi connectivity index (χ1) is 13.9. The normalized spacial score (nSPS) is 19.2. The molecule has 1 aliphatic heterocycles. The maximum Gasteiger partial charge on any atom is 0.352 e. The van der Waals surface area contributed by atoms with Gasteiger partial charge in [0.15, 0.2) is 0 Å². The fourth-order valence-electron chi connectivity index (χ4n) is 2.95. The van der Waals surface area contributed by atoms with E-state index in [4.69, 9.17) is 32.7 Å². The summed E-state index contributed by atoms with van der Waals surface area (Å²) in [5.41, 5.74) is -0.0509. The molecule has 0 saturated carbocycles. The first-order valence-corrected chi connectivity index (χ1v) is 9.64. The van der Waals surface area contributed by atoms with Crippen molar-refractivity contribution in [2.45, 2.75) is 32.0 Å². The van der Waals surface area contributed by atoms with Gasteiger partial charge in [-0.25, -0.2) is 9.37 Å². The molecule has 29 heavy (non-hydrogen) atoms. The van der Waals surface area contributed by atoms with E-state index in [0.29, 0.717) is 30.4 Å². The second-order valence-electron chi connectivity index (χ2n) is 6.35. The van der Waals surface area contributed by atoms with Crippen molar-refractivity contribution in [2.75, 3.05) is 31.7 Å². The molecule has 0 radical (unpaired) electrons. The summed E-state index contributed by atoms with van der Waals surface area (Å²) in [4.78, 5) is 18.6. The van der Waals surface area contributed by atoms with Crippen molar-refractivity contribution in [3.05, 3.63) is 32.3 Å². The van der Waals surface area contributed by atoms with Crippen LogP contribution in [-0.2, 0) is 4.74 Å². The van der Waals surface area contributed by atoms with Crippen LogP contribution in [0.2, 0.25) is 10.3 Å². The predicted octanol–water partition coefficient (Wildman–Crippen LogP) is 3.38. The summed E-state index contributed by atoms with van der Waals surface area (Å²) in [6, 6.07) is -0.717. The first-order valence-electron chi connectivity index (χ1n) is 8.88. The Labute approximate surface area is 175 Å². The number of rotatable bonds is 8. The number of nitrogens with zero attached hydrogens (tertiary/aromatic N) is 5. The van der Waals surface area contributed by atoms with Gasteiger partial charge in [0.1, 0.15) is 28.7 Å². The molecule has 2 unspecified atom stereocenters. The number of aromatic nitrogens is 4. The average molecular weight is 449 g/mol. The number of hydrogen-bond donors (Lipinski definition) is 1. The van der Waals surface area contributed by atoms with Crippen molar-refractivity contribution in [1.82, 2.24) is 19.7 Å². The van der Waals surface area contributed by atoms with E-state index >= 15 is 0 Å². The fraction of sp³-hybridized carbons (Fsp3) is 0.562. The second kappa shape index (κ2) is 9.51. The number of alkyl halides is 1. The van der Waals surface area contributed by atoms with Gasteiger partial charge in [-0.15, -0.1) is 5.10 Å². The van der Waals surface area contributed by atoms with Crippen molar-refractivity contribution in [3.63, 3.8) is 0 Å². The van der Waals surface area contributed by atoms with Crippen LogP contribution >= 0.6 is 23.2 Å². The van der Waals surface area contributed by atoms with Crippen molar-refractivity contribution < 1.29 is 18.8 Å². The minimum Gasteiger partial charge on any atom is -0.472 e. The van der Waals surface area contributed by atoms with Crippen LogP contribution in [0.25, 0.3) is 0 Å². The van der Waals surface area contributed by atoms with Gasteiger partial charge >= 0.3 is 11.6 Å². The topological polar surface area (TPSA) is 117 Å². The Kier molecular flexibility index (Phi) is 7.04. The molecule has 1 aliphatic rings. The Balaban J connectivity index is 1.62. The van der Waals surface area contributed by atoms with Crippen molar-refractivity contribution >= 4 is 34.7 Å². The zero-order valence-electron chi connectivity index (χ0n) is 15.5. The van der Waals surface area contributed by atoms with Gasteiger partial charge in [-0.05, 0) is 24.9 Å². The molecule has 158 valence electrons. The quantitative estimate of drug-likeness (QED) is 0.282. The van der Waals surface area contributed by atoms with E-state index in [1.54, 1.807) is 0 Å². The SMILES string of the molecule is Cc1c([N+](=O)[O-])c(OCCCNc2nc(Cl)ncc2Cl)nn1C1COCCC1F. The van der Waals surface area contributed by atoms with Crippen LogP contribution in [0.15, 0.2) is 6.20 Å². The summed E-state index contributed by atoms with van der Waals surface area (Å²) in [5, 5.41) is 18.9. The second-order valence-corrected chi connectivity index (χ2v) is 7.10. The van der Waals surface area contributed by atoms with E-state index in [2.05, 4.69) is 20.4 Å². The predicted molar refractivity (Wildman–Crippen MR) is 104 cm³/mol. The van der Waals surface area contributed by atoms with Gasteiger partial charge in [0.05, 0.1) is 24.3 Å². The molecule has 0 spiro atoms. The van der Waals surface area contributed by atoms with Crippen LogP contribution < -0.4 is 10.1 Å². The number of nitrogens with one attached hydrogen (secondary N) is 1. The Morgan fingerprint density at radius 1 is 1.52 bits per heavy atom. The summed E-state index contributed by atoms with van der Waals surface area (Å²) >= 11 is 11.7. The lowest BCUT2D eigenvalue weighted by Crippen LogP contribution is -2.32. The molecular weight excluding hydrogens is 430 g/mol. The molecule has 1 saturated heterocycles. The maximum absolute atomic E-state index is 14.2. The minimum absolute atomic E-state index is 0.0580. The van der Waals surface area contributed by atoms with Crippen LogP contribution in [0, 0.1) is 17.0 Å². The highest BCUT2D eigenvalue weighted by atomic mass is 35.5. The van der Waals surface area contributed by atoms with Gasteiger partial charge in [0, 0.05) is 19.6 Å². The van der Waals surface area contributed by atoms with Crippen molar-refractivity contribution in [1.29, 1.82) is 0 Å². The fourth-order valence-corrected chi connectivity index (χ4v) is 3.24. The van der Waals surface area contributed by atoms with E-state index in [0.717, 1.165) is 0 Å². The van der Waals surface area contributed by atoms with Gasteiger partial charge in [-0.1, -0.05) is 11.6 Å². The molecule has 2 atom stereocenters. The van der Waals surface area contributed by atoms with E-state index in [9.17, 15) is 14.5 Å². The van der Waals surface area contributed by atoms with E-state index in [1.807, 2.05) is 0 Å². The zero-order chi connectivity index (χ0) is 21.0. The molecule has 1 N–H and O–H groups in total. The molecule has 13 heteroatoms. The molecule has 0 bridgehead atoms. The summed E-state index contributed by atoms with van der Waals surface area (Å²) in [6.07, 6.45) is 0.874. The third-order valence-corrected chi connectivity index (χ3v) is 4.85. The highest BCUT2D eigenvalue weighted by Crippen LogP contribution is 2.34. The molecule has 3 heterocycles. The molecule has 2 aromatic heterocycles. The highest BCUT2D eigenvalue weighted by molar-refractivity contribution is 6.33. The summed E-state index contributed by atoms with van der Waals surface area (Å²) in [5.74, 6) is 0.234. The lowest BCUT2D eigenvalue weighted by Gasteiger charge is -2.26. The van der Waals surface area contributed by atoms with Crippen LogP contribution in [0.1, 0.15) is 24.6 Å². The third-order valence-electron chi connectivity index (χ3n) is 4.40. The van der Waals surface area contributed by atoms with Crippen LogP contribution in [-0.4, -0.2) is 57.2 Å². The summed E-state index contributed by atoms with van der Waals surface area (Å²) in [6.45, 7) is 2.50. The van der Waals surface area contributed by atoms with E-state index in [1.165, 1.54) is 17.8 Å². The standard InChI is InChI=1S/C16H19Cl2FN6O4/c1-9-13(25(26)27)15(23-24(9)12-8-28-6-3-11(12)19)29-5-2-4-20-14-10(17)7-21-16(18)22-14/h7,11-12H,2-6,8H2,1H3,(H,20,21,22). The smallest absolute Gasteiger partial charge is 0.352 e. The third kappa shape index (κ3) is 5.03. The van der Waals surface area contributed by atoms with Crippen molar-refractivity contribution in [2.24, 2.45) is 0 Å². The zero-order valence-corrected chi connectivity index (χ0v) is 17.0. The molecule has 3 rings (SSSR count). The molecule has 1 fully saturated rings. The van der Waals surface area contributed by atoms with Crippen LogP contribution in [0.3, 0.4) is 0 Å². The van der Waals surface area contributed by atoms with E-state index < -0.39 is 17.1 Å². The Morgan fingerprint density at radius 3 is 3.03 bits per heavy atom. The summed E-state index contributed by atoms with van der Waals surface area (Å²) < 4.78 is 26.3. The lowest BCUT2D eigenvalue weighted by molar-refractivity contribution is -0.386. The largest absolute Gasteiger partial charge is 0.472 e. The van der Waals surface area contributed by atoms with Crippen LogP contribution in [0.5, 0.6) is 5.88 Å². The van der Waals surface area contributed by atoms with Gasteiger partial charge in [-0.2, -0.15) is 4.98 Å². The monoisotopic (exact) mass is 448 g/mol. The maximum atomic E-state index is 14.2. The number of nitro groups is 1. The molecule has 10 nitrogen and oxygen atoms in total. The van der Waals surface area contributed by atoms with Crippen LogP contribution in [0.4, 0.5) is 15.9 Å². The summed E-state index contributed by atoms with van der Waals surface area (Å²) in [7, 11) is 0. The van der Waals surface area contributed by atoms with Gasteiger partial charge in [0.2, 0.25) is 5.28 Å². The minimum atomic E-state index is -1.19. The lowest BCUT2D eigenvalue weighted by atomic mass is 10.1. The number of hydrogen-bond acceptors (Lipinski definition) is 8. The molecule has 0 aromatic carbocycles. The number of ether oxygens (including phenoxy) is 2. The molecular formula is C16H19Cl2FN6O4. The molecule has 0 aliphatic carbocycles. The highest BCUT2D eigenvalue weighted by Gasteiger charge is 2.34. The number of halogens is 3. The first kappa shape index (κ1) is 21.5. The molecule has 2 aromatic rings. The van der Waals surface area contributed by atoms with Crippen molar-refractivity contribution in [3.8, 4) is 5.88 Å². The van der Waals surface area contributed by atoms with Gasteiger partial charge in [-0.3, -0.25) is 14.8 Å².